The summed E-state index contributed by atoms with van der Waals surface area (Å²) in [6.45, 7) is 3.99. The summed E-state index contributed by atoms with van der Waals surface area (Å²) in [5.74, 6) is -0.116. The molecule has 6 heteroatoms. The molecular weight excluding hydrogens is 276 g/mol. The highest BCUT2D eigenvalue weighted by molar-refractivity contribution is 9.10. The summed E-state index contributed by atoms with van der Waals surface area (Å²) in [5, 5.41) is 5.22. The first-order chi connectivity index (χ1) is 7.50. The minimum atomic E-state index is -0.284. The Kier molecular flexibility index (Phi) is 4.54. The Labute approximate surface area is 102 Å². The van der Waals surface area contributed by atoms with Gasteiger partial charge in [0.2, 0.25) is 5.91 Å². The minimum Gasteiger partial charge on any atom is -0.444 e. The summed E-state index contributed by atoms with van der Waals surface area (Å²) in [4.78, 5) is 22.2. The Morgan fingerprint density at radius 3 is 2.50 bits per heavy atom. The molecule has 0 bridgehead atoms. The third-order valence-electron chi connectivity index (χ3n) is 1.88. The van der Waals surface area contributed by atoms with E-state index in [1.54, 1.807) is 13.0 Å². The second-order valence-corrected chi connectivity index (χ2v) is 4.08. The molecule has 0 unspecified atom stereocenters. The van der Waals surface area contributed by atoms with Gasteiger partial charge in [-0.25, -0.2) is 0 Å². The monoisotopic (exact) mass is 288 g/mol. The molecule has 0 atom stereocenters. The fourth-order valence-electron chi connectivity index (χ4n) is 1.16. The van der Waals surface area contributed by atoms with E-state index in [0.717, 1.165) is 5.56 Å². The van der Waals surface area contributed by atoms with Gasteiger partial charge < -0.3 is 15.1 Å². The van der Waals surface area contributed by atoms with Gasteiger partial charge in [0.05, 0.1) is 0 Å². The van der Waals surface area contributed by atoms with Crippen LogP contribution in [0.5, 0.6) is 0 Å². The van der Waals surface area contributed by atoms with Crippen LogP contribution in [0.15, 0.2) is 15.2 Å². The zero-order chi connectivity index (χ0) is 12.1. The molecule has 0 saturated heterocycles. The normalized spacial score (nSPS) is 9.94. The van der Waals surface area contributed by atoms with E-state index in [4.69, 9.17) is 4.42 Å². The van der Waals surface area contributed by atoms with E-state index < -0.39 is 0 Å². The Morgan fingerprint density at radius 2 is 2.00 bits per heavy atom. The fraction of sp³-hybridized carbons (Fsp3) is 0.400. The van der Waals surface area contributed by atoms with Crippen molar-refractivity contribution in [2.24, 2.45) is 0 Å². The quantitative estimate of drug-likeness (QED) is 0.819. The number of rotatable bonds is 4. The lowest BCUT2D eigenvalue weighted by atomic mass is 10.3. The number of nitrogens with one attached hydrogen (secondary N) is 2. The minimum absolute atomic E-state index is 0.119. The van der Waals surface area contributed by atoms with Crippen molar-refractivity contribution in [3.8, 4) is 0 Å². The summed E-state index contributed by atoms with van der Waals surface area (Å²) in [7, 11) is 0. The fourth-order valence-corrected chi connectivity index (χ4v) is 1.67. The van der Waals surface area contributed by atoms with Crippen LogP contribution in [-0.2, 0) is 4.79 Å². The van der Waals surface area contributed by atoms with Crippen molar-refractivity contribution in [2.75, 3.05) is 13.1 Å². The molecule has 1 aromatic rings. The van der Waals surface area contributed by atoms with Crippen LogP contribution in [0.25, 0.3) is 0 Å². The largest absolute Gasteiger partial charge is 0.444 e. The van der Waals surface area contributed by atoms with Crippen molar-refractivity contribution in [3.05, 3.63) is 22.1 Å². The van der Waals surface area contributed by atoms with E-state index >= 15 is 0 Å². The summed E-state index contributed by atoms with van der Waals surface area (Å²) < 4.78 is 5.70. The number of hydrogen-bond donors (Lipinski definition) is 2. The van der Waals surface area contributed by atoms with Gasteiger partial charge in [-0.15, -0.1) is 0 Å². The average molecular weight is 289 g/mol. The van der Waals surface area contributed by atoms with Crippen LogP contribution in [0.1, 0.15) is 23.0 Å². The molecule has 88 valence electrons. The lowest BCUT2D eigenvalue weighted by molar-refractivity contribution is -0.118. The van der Waals surface area contributed by atoms with E-state index in [9.17, 15) is 9.59 Å². The molecule has 0 aliphatic heterocycles. The molecule has 1 heterocycles. The molecule has 0 spiro atoms. The first-order valence-electron chi connectivity index (χ1n) is 4.79. The van der Waals surface area contributed by atoms with Crippen molar-refractivity contribution < 1.29 is 14.0 Å². The predicted octanol–water partition coefficient (Wildman–Crippen LogP) is 1.22. The Hall–Kier alpha value is -1.30. The highest BCUT2D eigenvalue weighted by atomic mass is 79.9. The van der Waals surface area contributed by atoms with Gasteiger partial charge in [0.15, 0.2) is 10.4 Å². The molecule has 0 aliphatic carbocycles. The summed E-state index contributed by atoms with van der Waals surface area (Å²) in [5.41, 5.74) is 0.768. The van der Waals surface area contributed by atoms with Crippen molar-refractivity contribution in [1.82, 2.24) is 10.6 Å². The summed E-state index contributed by atoms with van der Waals surface area (Å²) in [6.07, 6.45) is 0. The Balaban J connectivity index is 2.41. The van der Waals surface area contributed by atoms with Crippen LogP contribution in [-0.4, -0.2) is 24.9 Å². The molecule has 0 aliphatic rings. The van der Waals surface area contributed by atoms with Crippen LogP contribution in [0.2, 0.25) is 0 Å². The maximum atomic E-state index is 11.6. The average Bonchev–Trinajstić information content (AvgIpc) is 2.52. The van der Waals surface area contributed by atoms with Gasteiger partial charge >= 0.3 is 0 Å². The van der Waals surface area contributed by atoms with Crippen LogP contribution in [0, 0.1) is 6.92 Å². The molecular formula is C10H13BrN2O3. The molecule has 1 aromatic heterocycles. The second kappa shape index (κ2) is 5.69. The lowest BCUT2D eigenvalue weighted by Crippen LogP contribution is -2.33. The van der Waals surface area contributed by atoms with Gasteiger partial charge in [-0.2, -0.15) is 0 Å². The number of furan rings is 1. The van der Waals surface area contributed by atoms with Crippen molar-refractivity contribution >= 4 is 27.7 Å². The van der Waals surface area contributed by atoms with Crippen LogP contribution < -0.4 is 10.6 Å². The van der Waals surface area contributed by atoms with E-state index in [1.165, 1.54) is 6.92 Å². The van der Waals surface area contributed by atoms with Crippen molar-refractivity contribution in [2.45, 2.75) is 13.8 Å². The van der Waals surface area contributed by atoms with Crippen LogP contribution in [0.3, 0.4) is 0 Å². The van der Waals surface area contributed by atoms with Crippen LogP contribution in [0.4, 0.5) is 0 Å². The predicted molar refractivity (Wildman–Crippen MR) is 62.2 cm³/mol. The molecule has 0 radical (unpaired) electrons. The highest BCUT2D eigenvalue weighted by Crippen LogP contribution is 2.19. The number of halogens is 1. The van der Waals surface area contributed by atoms with Gasteiger partial charge in [0, 0.05) is 25.6 Å². The van der Waals surface area contributed by atoms with E-state index in [-0.39, 0.29) is 17.6 Å². The maximum Gasteiger partial charge on any atom is 0.287 e. The maximum absolute atomic E-state index is 11.6. The highest BCUT2D eigenvalue weighted by Gasteiger charge is 2.13. The van der Waals surface area contributed by atoms with Crippen LogP contribution >= 0.6 is 15.9 Å². The first-order valence-corrected chi connectivity index (χ1v) is 5.58. The molecule has 0 aromatic carbocycles. The van der Waals surface area contributed by atoms with E-state index in [0.29, 0.717) is 17.8 Å². The van der Waals surface area contributed by atoms with Gasteiger partial charge in [0.25, 0.3) is 5.91 Å². The molecule has 2 amide bonds. The lowest BCUT2D eigenvalue weighted by Gasteiger charge is -2.04. The van der Waals surface area contributed by atoms with Gasteiger partial charge in [-0.1, -0.05) is 0 Å². The van der Waals surface area contributed by atoms with Crippen molar-refractivity contribution in [3.63, 3.8) is 0 Å². The zero-order valence-electron chi connectivity index (χ0n) is 9.09. The number of hydrogen-bond acceptors (Lipinski definition) is 3. The summed E-state index contributed by atoms with van der Waals surface area (Å²) >= 11 is 3.15. The third-order valence-corrected chi connectivity index (χ3v) is 2.27. The Morgan fingerprint density at radius 1 is 1.38 bits per heavy atom. The third kappa shape index (κ3) is 3.69. The number of amides is 2. The standard InChI is InChI=1S/C10H13BrN2O3/c1-6-5-8(11)16-9(6)10(15)13-4-3-12-7(2)14/h5H,3-4H2,1-2H3,(H,12,14)(H,13,15). The number of carbonyl (C=O) groups excluding carboxylic acids is 2. The second-order valence-electron chi connectivity index (χ2n) is 3.30. The zero-order valence-corrected chi connectivity index (χ0v) is 10.7. The summed E-state index contributed by atoms with van der Waals surface area (Å²) in [6, 6.07) is 1.72. The smallest absolute Gasteiger partial charge is 0.287 e. The van der Waals surface area contributed by atoms with E-state index in [1.807, 2.05) is 0 Å². The van der Waals surface area contributed by atoms with Gasteiger partial charge in [0.1, 0.15) is 0 Å². The number of aryl methyl sites for hydroxylation is 1. The molecule has 1 rings (SSSR count). The van der Waals surface area contributed by atoms with E-state index in [2.05, 4.69) is 26.6 Å². The number of carbonyl (C=O) groups is 2. The molecule has 2 N–H and O–H groups in total. The van der Waals surface area contributed by atoms with Gasteiger partial charge in [-0.3, -0.25) is 9.59 Å². The SMILES string of the molecule is CC(=O)NCCNC(=O)c1oc(Br)cc1C. The first kappa shape index (κ1) is 12.8. The molecule has 5 nitrogen and oxygen atoms in total. The molecule has 0 fully saturated rings. The van der Waals surface area contributed by atoms with Crippen molar-refractivity contribution in [1.29, 1.82) is 0 Å². The molecule has 0 saturated carbocycles. The molecule has 16 heavy (non-hydrogen) atoms. The Bertz CT molecular complexity index is 401. The van der Waals surface area contributed by atoms with Gasteiger partial charge in [-0.05, 0) is 28.9 Å². The topological polar surface area (TPSA) is 71.3 Å².